The normalized spacial score (nSPS) is 14.7. The van der Waals surface area contributed by atoms with Crippen LogP contribution in [0.5, 0.6) is 5.75 Å². The van der Waals surface area contributed by atoms with Crippen LogP contribution in [0, 0.1) is 0 Å². The van der Waals surface area contributed by atoms with Crippen molar-refractivity contribution in [1.29, 1.82) is 0 Å². The summed E-state index contributed by atoms with van der Waals surface area (Å²) in [7, 11) is 1.59. The molecule has 0 unspecified atom stereocenters. The lowest BCUT2D eigenvalue weighted by Crippen LogP contribution is -2.36. The Bertz CT molecular complexity index is 856. The molecule has 0 spiro atoms. The van der Waals surface area contributed by atoms with E-state index in [2.05, 4.69) is 20.1 Å². The highest BCUT2D eigenvalue weighted by Crippen LogP contribution is 2.23. The lowest BCUT2D eigenvalue weighted by atomic mass is 10.2. The first-order valence-corrected chi connectivity index (χ1v) is 10.1. The number of para-hydroxylation sites is 2. The first-order valence-electron chi connectivity index (χ1n) is 10.1. The number of anilines is 2. The average molecular weight is 412 g/mol. The summed E-state index contributed by atoms with van der Waals surface area (Å²) >= 11 is 0. The van der Waals surface area contributed by atoms with E-state index < -0.39 is 0 Å². The molecule has 0 aliphatic carbocycles. The largest absolute Gasteiger partial charge is 0.495 e. The van der Waals surface area contributed by atoms with Crippen LogP contribution in [0.25, 0.3) is 0 Å². The summed E-state index contributed by atoms with van der Waals surface area (Å²) in [5, 5.41) is 2.92. The van der Waals surface area contributed by atoms with Crippen LogP contribution in [0.3, 0.4) is 0 Å². The topological polar surface area (TPSA) is 84.0 Å². The lowest BCUT2D eigenvalue weighted by Gasteiger charge is -2.22. The highest BCUT2D eigenvalue weighted by Gasteiger charge is 2.19. The van der Waals surface area contributed by atoms with Crippen LogP contribution in [-0.2, 0) is 9.53 Å². The van der Waals surface area contributed by atoms with Crippen molar-refractivity contribution >= 4 is 23.4 Å². The fourth-order valence-electron chi connectivity index (χ4n) is 3.41. The van der Waals surface area contributed by atoms with E-state index in [-0.39, 0.29) is 11.9 Å². The Balaban J connectivity index is 1.53. The molecule has 1 N–H and O–H groups in total. The molecule has 8 heteroatoms. The smallest absolute Gasteiger partial charge is 0.339 e. The third-order valence-electron chi connectivity index (χ3n) is 4.92. The summed E-state index contributed by atoms with van der Waals surface area (Å²) < 4.78 is 10.3. The zero-order valence-electron chi connectivity index (χ0n) is 17.5. The molecule has 1 aromatic heterocycles. The van der Waals surface area contributed by atoms with Gasteiger partial charge in [0, 0.05) is 32.4 Å². The van der Waals surface area contributed by atoms with E-state index in [1.165, 1.54) is 0 Å². The van der Waals surface area contributed by atoms with Gasteiger partial charge in [0.25, 0.3) is 0 Å². The predicted molar refractivity (Wildman–Crippen MR) is 115 cm³/mol. The van der Waals surface area contributed by atoms with Crippen LogP contribution in [-0.4, -0.2) is 68.2 Å². The number of methoxy groups -OCH3 is 1. The van der Waals surface area contributed by atoms with Gasteiger partial charge in [-0.05, 0) is 37.6 Å². The summed E-state index contributed by atoms with van der Waals surface area (Å²) in [6.07, 6.45) is 2.47. The minimum absolute atomic E-state index is 0.0649. The molecule has 0 atom stereocenters. The highest BCUT2D eigenvalue weighted by molar-refractivity contribution is 5.93. The molecule has 0 bridgehead atoms. The van der Waals surface area contributed by atoms with E-state index in [1.54, 1.807) is 26.3 Å². The van der Waals surface area contributed by atoms with Gasteiger partial charge < -0.3 is 19.7 Å². The molecule has 1 aromatic carbocycles. The van der Waals surface area contributed by atoms with Crippen LogP contribution < -0.4 is 15.0 Å². The number of carbonyl (C=O) groups is 2. The number of ether oxygens (including phenoxy) is 2. The SMILES string of the molecule is CCOC(=O)c1ccc(N2CCCN(CC(=O)Nc3ccccc3OC)CC2)nc1. The molecule has 0 radical (unpaired) electrons. The molecule has 1 amide bonds. The van der Waals surface area contributed by atoms with Crippen LogP contribution in [0.1, 0.15) is 23.7 Å². The molecule has 3 rings (SSSR count). The number of aromatic nitrogens is 1. The van der Waals surface area contributed by atoms with Crippen molar-refractivity contribution < 1.29 is 19.1 Å². The van der Waals surface area contributed by atoms with Gasteiger partial charge in [-0.3, -0.25) is 9.69 Å². The monoisotopic (exact) mass is 412 g/mol. The molecule has 0 saturated carbocycles. The predicted octanol–water partition coefficient (Wildman–Crippen LogP) is 2.42. The Hall–Kier alpha value is -3.13. The quantitative estimate of drug-likeness (QED) is 0.699. The first-order chi connectivity index (χ1) is 14.6. The van der Waals surface area contributed by atoms with E-state index in [4.69, 9.17) is 9.47 Å². The van der Waals surface area contributed by atoms with Crippen molar-refractivity contribution in [2.45, 2.75) is 13.3 Å². The van der Waals surface area contributed by atoms with E-state index in [9.17, 15) is 9.59 Å². The lowest BCUT2D eigenvalue weighted by molar-refractivity contribution is -0.117. The van der Waals surface area contributed by atoms with E-state index in [1.807, 2.05) is 30.3 Å². The molecular formula is C22H28N4O4. The summed E-state index contributed by atoms with van der Waals surface area (Å²) in [5.41, 5.74) is 1.12. The first kappa shape index (κ1) is 21.6. The number of pyridine rings is 1. The zero-order chi connectivity index (χ0) is 21.3. The molecule has 30 heavy (non-hydrogen) atoms. The molecule has 8 nitrogen and oxygen atoms in total. The molecule has 1 saturated heterocycles. The average Bonchev–Trinajstić information content (AvgIpc) is 3.00. The van der Waals surface area contributed by atoms with Crippen molar-refractivity contribution in [3.63, 3.8) is 0 Å². The van der Waals surface area contributed by atoms with Gasteiger partial charge >= 0.3 is 5.97 Å². The number of benzene rings is 1. The van der Waals surface area contributed by atoms with Gasteiger partial charge in [0.2, 0.25) is 5.91 Å². The van der Waals surface area contributed by atoms with E-state index >= 15 is 0 Å². The Morgan fingerprint density at radius 2 is 1.93 bits per heavy atom. The third-order valence-corrected chi connectivity index (χ3v) is 4.92. The number of nitrogens with zero attached hydrogens (tertiary/aromatic N) is 3. The van der Waals surface area contributed by atoms with Crippen LogP contribution in [0.4, 0.5) is 11.5 Å². The van der Waals surface area contributed by atoms with Crippen molar-refractivity contribution in [1.82, 2.24) is 9.88 Å². The van der Waals surface area contributed by atoms with Gasteiger partial charge in [-0.2, -0.15) is 0 Å². The van der Waals surface area contributed by atoms with Crippen LogP contribution >= 0.6 is 0 Å². The Morgan fingerprint density at radius 3 is 2.67 bits per heavy atom. The zero-order valence-corrected chi connectivity index (χ0v) is 17.5. The van der Waals surface area contributed by atoms with E-state index in [0.29, 0.717) is 30.2 Å². The van der Waals surface area contributed by atoms with Crippen molar-refractivity contribution in [3.8, 4) is 5.75 Å². The highest BCUT2D eigenvalue weighted by atomic mass is 16.5. The van der Waals surface area contributed by atoms with Crippen molar-refractivity contribution in [2.75, 3.05) is 56.7 Å². The second-order valence-electron chi connectivity index (χ2n) is 6.99. The summed E-state index contributed by atoms with van der Waals surface area (Å²) in [6, 6.07) is 11.0. The van der Waals surface area contributed by atoms with Crippen molar-refractivity contribution in [2.24, 2.45) is 0 Å². The third kappa shape index (κ3) is 5.70. The Labute approximate surface area is 176 Å². The molecular weight excluding hydrogens is 384 g/mol. The Kier molecular flexibility index (Phi) is 7.62. The maximum atomic E-state index is 12.5. The van der Waals surface area contributed by atoms with Crippen LogP contribution in [0.2, 0.25) is 0 Å². The van der Waals surface area contributed by atoms with E-state index in [0.717, 1.165) is 38.4 Å². The number of amides is 1. The summed E-state index contributed by atoms with van der Waals surface area (Å²) in [5.74, 6) is 1.04. The number of carbonyl (C=O) groups excluding carboxylic acids is 2. The van der Waals surface area contributed by atoms with Gasteiger partial charge in [0.05, 0.1) is 31.5 Å². The second kappa shape index (κ2) is 10.6. The molecule has 2 aromatic rings. The summed E-state index contributed by atoms with van der Waals surface area (Å²) in [4.78, 5) is 33.0. The number of hydrogen-bond acceptors (Lipinski definition) is 7. The number of nitrogens with one attached hydrogen (secondary N) is 1. The van der Waals surface area contributed by atoms with Gasteiger partial charge in [-0.25, -0.2) is 9.78 Å². The molecule has 1 aliphatic rings. The minimum atomic E-state index is -0.361. The van der Waals surface area contributed by atoms with Crippen LogP contribution in [0.15, 0.2) is 42.6 Å². The maximum Gasteiger partial charge on any atom is 0.339 e. The second-order valence-corrected chi connectivity index (χ2v) is 6.99. The minimum Gasteiger partial charge on any atom is -0.495 e. The standard InChI is InChI=1S/C22H28N4O4/c1-3-30-22(28)17-9-10-20(23-15-17)26-12-6-11-25(13-14-26)16-21(27)24-18-7-4-5-8-19(18)29-2/h4-5,7-10,15H,3,6,11-14,16H2,1-2H3,(H,24,27). The molecule has 160 valence electrons. The fourth-order valence-corrected chi connectivity index (χ4v) is 3.41. The fraction of sp³-hybridized carbons (Fsp3) is 0.409. The van der Waals surface area contributed by atoms with Gasteiger partial charge in [-0.1, -0.05) is 12.1 Å². The molecule has 2 heterocycles. The molecule has 1 fully saturated rings. The van der Waals surface area contributed by atoms with Gasteiger partial charge in [-0.15, -0.1) is 0 Å². The van der Waals surface area contributed by atoms with Gasteiger partial charge in [0.15, 0.2) is 0 Å². The Morgan fingerprint density at radius 1 is 1.10 bits per heavy atom. The number of esters is 1. The number of rotatable bonds is 7. The van der Waals surface area contributed by atoms with Gasteiger partial charge in [0.1, 0.15) is 11.6 Å². The summed E-state index contributed by atoms with van der Waals surface area (Å²) in [6.45, 7) is 5.62. The molecule has 1 aliphatic heterocycles. The maximum absolute atomic E-state index is 12.5. The van der Waals surface area contributed by atoms with Crippen molar-refractivity contribution in [3.05, 3.63) is 48.2 Å². The number of hydrogen-bond donors (Lipinski definition) is 1.